The van der Waals surface area contributed by atoms with E-state index in [0.717, 1.165) is 25.8 Å². The second kappa shape index (κ2) is 5.39. The van der Waals surface area contributed by atoms with Gasteiger partial charge in [-0.15, -0.1) is 0 Å². The number of hydrogen-bond acceptors (Lipinski definition) is 6. The summed E-state index contributed by atoms with van der Waals surface area (Å²) in [6.07, 6.45) is 4.66. The van der Waals surface area contributed by atoms with Crippen molar-refractivity contribution in [3.05, 3.63) is 6.33 Å². The third-order valence-corrected chi connectivity index (χ3v) is 3.47. The molecule has 1 aliphatic rings. The number of hydrogen-bond donors (Lipinski definition) is 3. The van der Waals surface area contributed by atoms with Crippen molar-refractivity contribution in [2.45, 2.75) is 19.3 Å². The molecule has 1 aromatic heterocycles. The number of nitrogens with one attached hydrogen (secondary N) is 2. The number of methoxy groups -OCH3 is 1. The molecule has 1 aliphatic carbocycles. The minimum Gasteiger partial charge on any atom is -0.490 e. The van der Waals surface area contributed by atoms with E-state index in [9.17, 15) is 0 Å². The van der Waals surface area contributed by atoms with Gasteiger partial charge in [0.15, 0.2) is 11.6 Å². The van der Waals surface area contributed by atoms with Gasteiger partial charge in [-0.1, -0.05) is 0 Å². The van der Waals surface area contributed by atoms with Crippen molar-refractivity contribution in [3.8, 4) is 5.75 Å². The van der Waals surface area contributed by atoms with Gasteiger partial charge in [-0.3, -0.25) is 0 Å². The standard InChI is InChI=1S/C12H20N4O2/c1-13-10-9(18-2)11(16-8-15-10)14-7-12(3-4-12)5-6-17/h8,17H,3-7H2,1-2H3,(H2,13,14,15,16). The zero-order valence-corrected chi connectivity index (χ0v) is 10.9. The van der Waals surface area contributed by atoms with Crippen LogP contribution < -0.4 is 15.4 Å². The number of nitrogens with zero attached hydrogens (tertiary/aromatic N) is 2. The van der Waals surface area contributed by atoms with Crippen molar-refractivity contribution >= 4 is 11.6 Å². The van der Waals surface area contributed by atoms with Gasteiger partial charge in [-0.05, 0) is 24.7 Å². The Bertz CT molecular complexity index is 407. The second-order valence-electron chi connectivity index (χ2n) is 4.68. The Morgan fingerprint density at radius 1 is 1.39 bits per heavy atom. The predicted octanol–water partition coefficient (Wildman–Crippen LogP) is 1.10. The first-order valence-corrected chi connectivity index (χ1v) is 6.16. The van der Waals surface area contributed by atoms with Crippen molar-refractivity contribution in [2.75, 3.05) is 37.9 Å². The van der Waals surface area contributed by atoms with Crippen molar-refractivity contribution in [1.82, 2.24) is 9.97 Å². The molecule has 1 fully saturated rings. The summed E-state index contributed by atoms with van der Waals surface area (Å²) in [6, 6.07) is 0. The van der Waals surface area contributed by atoms with Gasteiger partial charge in [0.2, 0.25) is 5.75 Å². The van der Waals surface area contributed by atoms with Crippen LogP contribution in [0.1, 0.15) is 19.3 Å². The highest BCUT2D eigenvalue weighted by Crippen LogP contribution is 2.48. The van der Waals surface area contributed by atoms with E-state index in [1.807, 2.05) is 0 Å². The smallest absolute Gasteiger partial charge is 0.204 e. The number of anilines is 2. The van der Waals surface area contributed by atoms with Crippen LogP contribution >= 0.6 is 0 Å². The van der Waals surface area contributed by atoms with Crippen molar-refractivity contribution < 1.29 is 9.84 Å². The molecule has 0 atom stereocenters. The first-order valence-electron chi connectivity index (χ1n) is 6.16. The summed E-state index contributed by atoms with van der Waals surface area (Å²) in [6.45, 7) is 1.05. The molecular formula is C12H20N4O2. The van der Waals surface area contributed by atoms with Crippen LogP contribution in [0.2, 0.25) is 0 Å². The van der Waals surface area contributed by atoms with Gasteiger partial charge >= 0.3 is 0 Å². The van der Waals surface area contributed by atoms with Crippen molar-refractivity contribution in [2.24, 2.45) is 5.41 Å². The fraction of sp³-hybridized carbons (Fsp3) is 0.667. The molecule has 0 saturated heterocycles. The second-order valence-corrected chi connectivity index (χ2v) is 4.68. The number of aliphatic hydroxyl groups is 1. The summed E-state index contributed by atoms with van der Waals surface area (Å²) < 4.78 is 5.31. The Morgan fingerprint density at radius 2 is 2.11 bits per heavy atom. The summed E-state index contributed by atoms with van der Waals surface area (Å²) in [7, 11) is 3.40. The molecule has 0 aliphatic heterocycles. The average molecular weight is 252 g/mol. The highest BCUT2D eigenvalue weighted by molar-refractivity contribution is 5.63. The lowest BCUT2D eigenvalue weighted by Gasteiger charge is -2.17. The van der Waals surface area contributed by atoms with Crippen LogP contribution in [-0.2, 0) is 0 Å². The molecule has 0 spiro atoms. The van der Waals surface area contributed by atoms with Gasteiger partial charge < -0.3 is 20.5 Å². The van der Waals surface area contributed by atoms with Crippen LogP contribution in [0.4, 0.5) is 11.6 Å². The van der Waals surface area contributed by atoms with Gasteiger partial charge in [0.25, 0.3) is 0 Å². The normalized spacial score (nSPS) is 16.2. The zero-order valence-electron chi connectivity index (χ0n) is 10.9. The lowest BCUT2D eigenvalue weighted by Crippen LogP contribution is -2.18. The summed E-state index contributed by atoms with van der Waals surface area (Å²) in [4.78, 5) is 8.30. The number of aliphatic hydroxyl groups excluding tert-OH is 1. The largest absolute Gasteiger partial charge is 0.490 e. The molecule has 18 heavy (non-hydrogen) atoms. The van der Waals surface area contributed by atoms with Gasteiger partial charge in [-0.25, -0.2) is 9.97 Å². The zero-order chi connectivity index (χ0) is 13.0. The lowest BCUT2D eigenvalue weighted by atomic mass is 10.0. The molecule has 0 bridgehead atoms. The van der Waals surface area contributed by atoms with Gasteiger partial charge in [0, 0.05) is 20.2 Å². The fourth-order valence-electron chi connectivity index (χ4n) is 2.07. The summed E-state index contributed by atoms with van der Waals surface area (Å²) in [5.41, 5.74) is 0.241. The molecule has 1 aromatic rings. The maximum atomic E-state index is 9.03. The van der Waals surface area contributed by atoms with Crippen LogP contribution in [0.25, 0.3) is 0 Å². The first-order chi connectivity index (χ1) is 8.74. The maximum Gasteiger partial charge on any atom is 0.204 e. The molecule has 0 unspecified atom stereocenters. The summed E-state index contributed by atoms with van der Waals surface area (Å²) in [5.74, 6) is 1.99. The Kier molecular flexibility index (Phi) is 3.86. The van der Waals surface area contributed by atoms with E-state index in [0.29, 0.717) is 17.4 Å². The highest BCUT2D eigenvalue weighted by Gasteiger charge is 2.41. The topological polar surface area (TPSA) is 79.3 Å². The minimum atomic E-state index is 0.240. The Hall–Kier alpha value is -1.56. The predicted molar refractivity (Wildman–Crippen MR) is 70.0 cm³/mol. The van der Waals surface area contributed by atoms with E-state index in [4.69, 9.17) is 9.84 Å². The fourth-order valence-corrected chi connectivity index (χ4v) is 2.07. The van der Waals surface area contributed by atoms with Crippen LogP contribution in [0.15, 0.2) is 6.33 Å². The quantitative estimate of drug-likeness (QED) is 0.674. The number of rotatable bonds is 7. The van der Waals surface area contributed by atoms with Gasteiger partial charge in [-0.2, -0.15) is 0 Å². The minimum absolute atomic E-state index is 0.240. The third kappa shape index (κ3) is 2.64. The Labute approximate surface area is 107 Å². The summed E-state index contributed by atoms with van der Waals surface area (Å²) >= 11 is 0. The molecule has 1 heterocycles. The third-order valence-electron chi connectivity index (χ3n) is 3.47. The van der Waals surface area contributed by atoms with Crippen molar-refractivity contribution in [3.63, 3.8) is 0 Å². The molecule has 1 saturated carbocycles. The van der Waals surface area contributed by atoms with Gasteiger partial charge in [0.1, 0.15) is 6.33 Å². The molecule has 100 valence electrons. The average Bonchev–Trinajstić information content (AvgIpc) is 3.16. The van der Waals surface area contributed by atoms with Gasteiger partial charge in [0.05, 0.1) is 7.11 Å². The highest BCUT2D eigenvalue weighted by atomic mass is 16.5. The summed E-state index contributed by atoms with van der Waals surface area (Å²) in [5, 5.41) is 15.3. The molecule has 3 N–H and O–H groups in total. The maximum absolute atomic E-state index is 9.03. The molecule has 0 aromatic carbocycles. The Morgan fingerprint density at radius 3 is 2.67 bits per heavy atom. The van der Waals surface area contributed by atoms with E-state index in [-0.39, 0.29) is 12.0 Å². The molecule has 6 heteroatoms. The van der Waals surface area contributed by atoms with Crippen molar-refractivity contribution in [1.29, 1.82) is 0 Å². The molecular weight excluding hydrogens is 232 g/mol. The number of aromatic nitrogens is 2. The molecule has 2 rings (SSSR count). The molecule has 0 radical (unpaired) electrons. The van der Waals surface area contributed by atoms with E-state index in [1.165, 1.54) is 6.33 Å². The van der Waals surface area contributed by atoms with Crippen LogP contribution in [0, 0.1) is 5.41 Å². The van der Waals surface area contributed by atoms with E-state index in [1.54, 1.807) is 14.2 Å². The number of ether oxygens (including phenoxy) is 1. The van der Waals surface area contributed by atoms with Crippen LogP contribution in [0.5, 0.6) is 5.75 Å². The molecule has 6 nitrogen and oxygen atoms in total. The Balaban J connectivity index is 2.05. The lowest BCUT2D eigenvalue weighted by molar-refractivity contribution is 0.253. The van der Waals surface area contributed by atoms with E-state index >= 15 is 0 Å². The van der Waals surface area contributed by atoms with Crippen LogP contribution in [-0.4, -0.2) is 42.4 Å². The monoisotopic (exact) mass is 252 g/mol. The SMILES string of the molecule is CNc1ncnc(NCC2(CCO)CC2)c1OC. The van der Waals surface area contributed by atoms with E-state index in [2.05, 4.69) is 20.6 Å². The van der Waals surface area contributed by atoms with E-state index < -0.39 is 0 Å². The van der Waals surface area contributed by atoms with Crippen LogP contribution in [0.3, 0.4) is 0 Å². The molecule has 0 amide bonds. The first kappa shape index (κ1) is 12.9.